The Morgan fingerprint density at radius 3 is 3.00 bits per heavy atom. The third kappa shape index (κ3) is 2.32. The van der Waals surface area contributed by atoms with Crippen LogP contribution < -0.4 is 10.2 Å². The average molecular weight is 270 g/mol. The summed E-state index contributed by atoms with van der Waals surface area (Å²) in [6.45, 7) is 4.27. The van der Waals surface area contributed by atoms with Gasteiger partial charge in [-0.1, -0.05) is 0 Å². The molecule has 2 rings (SSSR count). The van der Waals surface area contributed by atoms with E-state index in [1.165, 1.54) is 12.0 Å². The van der Waals surface area contributed by atoms with E-state index in [1.807, 2.05) is 6.20 Å². The van der Waals surface area contributed by atoms with Crippen molar-refractivity contribution in [3.8, 4) is 0 Å². The van der Waals surface area contributed by atoms with Gasteiger partial charge in [-0.2, -0.15) is 0 Å². The summed E-state index contributed by atoms with van der Waals surface area (Å²) in [5.41, 5.74) is 1.23. The summed E-state index contributed by atoms with van der Waals surface area (Å²) >= 11 is 3.47. The number of hydrogen-bond donors (Lipinski definition) is 1. The highest BCUT2D eigenvalue weighted by Gasteiger charge is 2.20. The van der Waals surface area contributed by atoms with Crippen LogP contribution in [0.15, 0.2) is 16.7 Å². The Kier molecular flexibility index (Phi) is 3.26. The minimum absolute atomic E-state index is 0.582. The zero-order chi connectivity index (χ0) is 10.8. The van der Waals surface area contributed by atoms with Gasteiger partial charge in [0.25, 0.3) is 0 Å². The number of nitrogens with one attached hydrogen (secondary N) is 1. The van der Waals surface area contributed by atoms with Crippen molar-refractivity contribution in [2.75, 3.05) is 25.0 Å². The van der Waals surface area contributed by atoms with E-state index in [-0.39, 0.29) is 0 Å². The molecule has 0 spiro atoms. The molecule has 1 N–H and O–H groups in total. The fraction of sp³-hybridized carbons (Fsp3) is 0.545. The molecule has 1 aliphatic heterocycles. The van der Waals surface area contributed by atoms with Crippen molar-refractivity contribution in [3.05, 3.63) is 22.3 Å². The Balaban J connectivity index is 2.17. The Hall–Kier alpha value is -0.610. The first kappa shape index (κ1) is 10.9. The molecule has 0 amide bonds. The van der Waals surface area contributed by atoms with E-state index in [2.05, 4.69) is 51.2 Å². The first-order chi connectivity index (χ1) is 7.18. The zero-order valence-electron chi connectivity index (χ0n) is 9.13. The number of hydrogen-bond acceptors (Lipinski definition) is 3. The number of pyridine rings is 1. The van der Waals surface area contributed by atoms with Crippen LogP contribution in [-0.2, 0) is 0 Å². The SMILES string of the molecule is Cc1cc(N(C)C2CCNC2)ncc1Br. The smallest absolute Gasteiger partial charge is 0.128 e. The Labute approximate surface area is 99.0 Å². The van der Waals surface area contributed by atoms with Gasteiger partial charge in [0.05, 0.1) is 0 Å². The molecule has 1 saturated heterocycles. The normalized spacial score (nSPS) is 20.6. The molecule has 0 radical (unpaired) electrons. The molecule has 2 heterocycles. The summed E-state index contributed by atoms with van der Waals surface area (Å²) < 4.78 is 1.07. The van der Waals surface area contributed by atoms with Crippen molar-refractivity contribution in [1.82, 2.24) is 10.3 Å². The maximum Gasteiger partial charge on any atom is 0.128 e. The third-order valence-corrected chi connectivity index (χ3v) is 3.81. The molecule has 0 saturated carbocycles. The lowest BCUT2D eigenvalue weighted by Gasteiger charge is -2.25. The number of aryl methyl sites for hydroxylation is 1. The van der Waals surface area contributed by atoms with Crippen molar-refractivity contribution in [2.24, 2.45) is 0 Å². The predicted molar refractivity (Wildman–Crippen MR) is 66.4 cm³/mol. The summed E-state index contributed by atoms with van der Waals surface area (Å²) in [6, 6.07) is 2.71. The molecule has 15 heavy (non-hydrogen) atoms. The van der Waals surface area contributed by atoms with E-state index in [9.17, 15) is 0 Å². The van der Waals surface area contributed by atoms with Crippen molar-refractivity contribution in [2.45, 2.75) is 19.4 Å². The first-order valence-electron chi connectivity index (χ1n) is 5.24. The molecule has 82 valence electrons. The van der Waals surface area contributed by atoms with Gasteiger partial charge in [0.2, 0.25) is 0 Å². The van der Waals surface area contributed by atoms with E-state index in [0.717, 1.165) is 23.4 Å². The topological polar surface area (TPSA) is 28.2 Å². The van der Waals surface area contributed by atoms with Crippen LogP contribution in [0.4, 0.5) is 5.82 Å². The van der Waals surface area contributed by atoms with Gasteiger partial charge in [0.1, 0.15) is 5.82 Å². The van der Waals surface area contributed by atoms with Crippen LogP contribution in [-0.4, -0.2) is 31.2 Å². The molecule has 0 aromatic carbocycles. The van der Waals surface area contributed by atoms with Gasteiger partial charge in [0.15, 0.2) is 0 Å². The minimum atomic E-state index is 0.582. The summed E-state index contributed by atoms with van der Waals surface area (Å²) in [5.74, 6) is 1.06. The summed E-state index contributed by atoms with van der Waals surface area (Å²) in [5, 5.41) is 3.37. The lowest BCUT2D eigenvalue weighted by atomic mass is 10.2. The summed E-state index contributed by atoms with van der Waals surface area (Å²) in [7, 11) is 2.12. The predicted octanol–water partition coefficient (Wildman–Crippen LogP) is 1.95. The monoisotopic (exact) mass is 269 g/mol. The van der Waals surface area contributed by atoms with E-state index >= 15 is 0 Å². The van der Waals surface area contributed by atoms with E-state index in [0.29, 0.717) is 6.04 Å². The van der Waals surface area contributed by atoms with Crippen molar-refractivity contribution in [3.63, 3.8) is 0 Å². The van der Waals surface area contributed by atoms with E-state index in [1.54, 1.807) is 0 Å². The van der Waals surface area contributed by atoms with Crippen molar-refractivity contribution in [1.29, 1.82) is 0 Å². The number of nitrogens with zero attached hydrogens (tertiary/aromatic N) is 2. The fourth-order valence-electron chi connectivity index (χ4n) is 1.87. The van der Waals surface area contributed by atoms with Gasteiger partial charge in [-0.15, -0.1) is 0 Å². The van der Waals surface area contributed by atoms with Crippen LogP contribution in [0.1, 0.15) is 12.0 Å². The summed E-state index contributed by atoms with van der Waals surface area (Å²) in [4.78, 5) is 6.70. The molecule has 1 aromatic rings. The average Bonchev–Trinajstić information content (AvgIpc) is 2.74. The highest BCUT2D eigenvalue weighted by Crippen LogP contribution is 2.21. The third-order valence-electron chi connectivity index (χ3n) is 2.98. The van der Waals surface area contributed by atoms with Crippen LogP contribution in [0.25, 0.3) is 0 Å². The fourth-order valence-corrected chi connectivity index (χ4v) is 2.09. The molecule has 1 fully saturated rings. The maximum absolute atomic E-state index is 4.43. The number of rotatable bonds is 2. The zero-order valence-corrected chi connectivity index (χ0v) is 10.7. The molecule has 1 unspecified atom stereocenters. The lowest BCUT2D eigenvalue weighted by molar-refractivity contribution is 0.677. The second kappa shape index (κ2) is 4.49. The molecule has 1 atom stereocenters. The molecular formula is C11H16BrN3. The minimum Gasteiger partial charge on any atom is -0.355 e. The van der Waals surface area contributed by atoms with Crippen LogP contribution >= 0.6 is 15.9 Å². The Morgan fingerprint density at radius 1 is 1.60 bits per heavy atom. The maximum atomic E-state index is 4.43. The molecule has 0 aliphatic carbocycles. The highest BCUT2D eigenvalue weighted by molar-refractivity contribution is 9.10. The van der Waals surface area contributed by atoms with E-state index < -0.39 is 0 Å². The van der Waals surface area contributed by atoms with Crippen molar-refractivity contribution >= 4 is 21.7 Å². The molecule has 3 nitrogen and oxygen atoms in total. The quantitative estimate of drug-likeness (QED) is 0.890. The van der Waals surface area contributed by atoms with Gasteiger partial charge < -0.3 is 10.2 Å². The molecule has 1 aromatic heterocycles. The van der Waals surface area contributed by atoms with Gasteiger partial charge in [-0.3, -0.25) is 0 Å². The molecular weight excluding hydrogens is 254 g/mol. The van der Waals surface area contributed by atoms with Crippen LogP contribution in [0.2, 0.25) is 0 Å². The van der Waals surface area contributed by atoms with Crippen LogP contribution in [0.3, 0.4) is 0 Å². The molecule has 1 aliphatic rings. The molecule has 0 bridgehead atoms. The molecule has 4 heteroatoms. The standard InChI is InChI=1S/C11H16BrN3/c1-8-5-11(14-7-10(8)12)15(2)9-3-4-13-6-9/h5,7,9,13H,3-4,6H2,1-2H3. The second-order valence-electron chi connectivity index (χ2n) is 4.05. The lowest BCUT2D eigenvalue weighted by Crippen LogP contribution is -2.33. The largest absolute Gasteiger partial charge is 0.355 e. The van der Waals surface area contributed by atoms with Gasteiger partial charge in [-0.05, 0) is 47.4 Å². The number of aromatic nitrogens is 1. The van der Waals surface area contributed by atoms with Crippen LogP contribution in [0, 0.1) is 6.92 Å². The summed E-state index contributed by atoms with van der Waals surface area (Å²) in [6.07, 6.45) is 3.08. The number of anilines is 1. The van der Waals surface area contributed by atoms with E-state index in [4.69, 9.17) is 0 Å². The van der Waals surface area contributed by atoms with Gasteiger partial charge in [-0.25, -0.2) is 4.98 Å². The first-order valence-corrected chi connectivity index (χ1v) is 6.03. The Morgan fingerprint density at radius 2 is 2.40 bits per heavy atom. The Bertz CT molecular complexity index is 348. The van der Waals surface area contributed by atoms with Crippen molar-refractivity contribution < 1.29 is 0 Å². The van der Waals surface area contributed by atoms with Crippen LogP contribution in [0.5, 0.6) is 0 Å². The number of likely N-dealkylation sites (N-methyl/N-ethyl adjacent to an activating group) is 1. The van der Waals surface area contributed by atoms with Gasteiger partial charge >= 0.3 is 0 Å². The highest BCUT2D eigenvalue weighted by atomic mass is 79.9. The second-order valence-corrected chi connectivity index (χ2v) is 4.90. The van der Waals surface area contributed by atoms with Gasteiger partial charge in [0, 0.05) is 30.3 Å². The number of halogens is 1.